The highest BCUT2D eigenvalue weighted by Crippen LogP contribution is 2.33. The van der Waals surface area contributed by atoms with Gasteiger partial charge < -0.3 is 10.6 Å². The average molecular weight is 438 g/mol. The largest absolute Gasteiger partial charge is 0.416 e. The fourth-order valence-electron chi connectivity index (χ4n) is 3.58. The van der Waals surface area contributed by atoms with Gasteiger partial charge in [-0.2, -0.15) is 18.3 Å². The number of fused-ring (bicyclic) bond motifs is 1. The number of nitrogens with one attached hydrogen (secondary N) is 3. The van der Waals surface area contributed by atoms with Crippen LogP contribution in [0.25, 0.3) is 0 Å². The standard InChI is InChI=1S/C24H21F3N4O/c1-15-7-12-20-19(13-15)22(14-21(29-20)16-5-3-2-4-6-16)30-31-23(32)28-18-10-8-17(9-11-18)24(25,26)27/h2-13,21,29H,14H2,1H3,(H2,28,31,32). The molecule has 3 aromatic rings. The smallest absolute Gasteiger partial charge is 0.377 e. The van der Waals surface area contributed by atoms with Crippen LogP contribution >= 0.6 is 0 Å². The van der Waals surface area contributed by atoms with Gasteiger partial charge in [-0.3, -0.25) is 0 Å². The Bertz CT molecular complexity index is 1140. The maximum absolute atomic E-state index is 12.7. The molecule has 0 radical (unpaired) electrons. The molecule has 1 aliphatic heterocycles. The molecule has 2 amide bonds. The molecule has 0 saturated carbocycles. The van der Waals surface area contributed by atoms with E-state index >= 15 is 0 Å². The Morgan fingerprint density at radius 1 is 1.03 bits per heavy atom. The SMILES string of the molecule is Cc1ccc2c(c1)C(=NNC(=O)Nc1ccc(C(F)(F)F)cc1)CC(c1ccccc1)N2. The van der Waals surface area contributed by atoms with Gasteiger partial charge in [0.05, 0.1) is 17.3 Å². The van der Waals surface area contributed by atoms with E-state index in [0.717, 1.165) is 34.5 Å². The third-order valence-corrected chi connectivity index (χ3v) is 5.18. The average Bonchev–Trinajstić information content (AvgIpc) is 2.78. The van der Waals surface area contributed by atoms with Crippen molar-refractivity contribution in [2.45, 2.75) is 25.6 Å². The Morgan fingerprint density at radius 2 is 1.75 bits per heavy atom. The maximum Gasteiger partial charge on any atom is 0.416 e. The first-order chi connectivity index (χ1) is 15.3. The van der Waals surface area contributed by atoms with E-state index in [0.29, 0.717) is 12.1 Å². The predicted octanol–water partition coefficient (Wildman–Crippen LogP) is 6.10. The third-order valence-electron chi connectivity index (χ3n) is 5.18. The Balaban J connectivity index is 1.51. The molecule has 1 aliphatic rings. The zero-order valence-corrected chi connectivity index (χ0v) is 17.2. The summed E-state index contributed by atoms with van der Waals surface area (Å²) < 4.78 is 38.1. The number of hydrazone groups is 1. The van der Waals surface area contributed by atoms with Crippen LogP contribution in [0.4, 0.5) is 29.3 Å². The van der Waals surface area contributed by atoms with Gasteiger partial charge in [-0.05, 0) is 48.9 Å². The number of carbonyl (C=O) groups is 1. The van der Waals surface area contributed by atoms with Crippen molar-refractivity contribution < 1.29 is 18.0 Å². The number of nitrogens with zero attached hydrogens (tertiary/aromatic N) is 1. The zero-order valence-electron chi connectivity index (χ0n) is 17.2. The molecule has 3 N–H and O–H groups in total. The molecular weight excluding hydrogens is 417 g/mol. The number of halogens is 3. The van der Waals surface area contributed by atoms with Gasteiger partial charge in [0.2, 0.25) is 0 Å². The molecule has 0 aromatic heterocycles. The fourth-order valence-corrected chi connectivity index (χ4v) is 3.58. The third kappa shape index (κ3) is 4.91. The molecule has 1 atom stereocenters. The summed E-state index contributed by atoms with van der Waals surface area (Å²) in [6, 6.07) is 19.5. The van der Waals surface area contributed by atoms with Crippen molar-refractivity contribution in [3.63, 3.8) is 0 Å². The first-order valence-electron chi connectivity index (χ1n) is 10.0. The topological polar surface area (TPSA) is 65.5 Å². The van der Waals surface area contributed by atoms with Gasteiger partial charge in [-0.15, -0.1) is 0 Å². The molecule has 8 heteroatoms. The number of hydrogen-bond acceptors (Lipinski definition) is 3. The number of hydrogen-bond donors (Lipinski definition) is 3. The highest BCUT2D eigenvalue weighted by molar-refractivity contribution is 6.08. The number of rotatable bonds is 3. The first-order valence-corrected chi connectivity index (χ1v) is 10.0. The van der Waals surface area contributed by atoms with Crippen molar-refractivity contribution in [2.75, 3.05) is 10.6 Å². The van der Waals surface area contributed by atoms with Gasteiger partial charge in [-0.1, -0.05) is 42.0 Å². The quantitative estimate of drug-likeness (QED) is 0.433. The summed E-state index contributed by atoms with van der Waals surface area (Å²) in [7, 11) is 0. The predicted molar refractivity (Wildman–Crippen MR) is 119 cm³/mol. The molecule has 0 fully saturated rings. The molecule has 1 heterocycles. The van der Waals surface area contributed by atoms with Gasteiger partial charge in [0.1, 0.15) is 0 Å². The number of amides is 2. The molecule has 0 saturated heterocycles. The van der Waals surface area contributed by atoms with Gasteiger partial charge in [0.25, 0.3) is 0 Å². The molecule has 4 rings (SSSR count). The number of aryl methyl sites for hydroxylation is 1. The van der Waals surface area contributed by atoms with Crippen LogP contribution in [0, 0.1) is 6.92 Å². The van der Waals surface area contributed by atoms with Crippen molar-refractivity contribution in [3.05, 3.63) is 95.1 Å². The highest BCUT2D eigenvalue weighted by atomic mass is 19.4. The minimum Gasteiger partial charge on any atom is -0.377 e. The van der Waals surface area contributed by atoms with E-state index in [4.69, 9.17) is 0 Å². The lowest BCUT2D eigenvalue weighted by Crippen LogP contribution is -2.29. The van der Waals surface area contributed by atoms with Gasteiger partial charge in [0.15, 0.2) is 0 Å². The van der Waals surface area contributed by atoms with Crippen LogP contribution in [-0.2, 0) is 6.18 Å². The second-order valence-corrected chi connectivity index (χ2v) is 7.56. The van der Waals surface area contributed by atoms with E-state index in [1.165, 1.54) is 12.1 Å². The summed E-state index contributed by atoms with van der Waals surface area (Å²) in [6.45, 7) is 1.98. The first kappa shape index (κ1) is 21.4. The van der Waals surface area contributed by atoms with E-state index < -0.39 is 17.8 Å². The van der Waals surface area contributed by atoms with E-state index in [1.54, 1.807) is 0 Å². The number of urea groups is 1. The van der Waals surface area contributed by atoms with Crippen LogP contribution in [0.1, 0.15) is 34.7 Å². The zero-order chi connectivity index (χ0) is 22.7. The van der Waals surface area contributed by atoms with Gasteiger partial charge >= 0.3 is 12.2 Å². The van der Waals surface area contributed by atoms with Crippen molar-refractivity contribution in [1.82, 2.24) is 5.43 Å². The molecule has 5 nitrogen and oxygen atoms in total. The molecule has 32 heavy (non-hydrogen) atoms. The molecule has 0 aliphatic carbocycles. The van der Waals surface area contributed by atoms with Crippen LogP contribution in [0.15, 0.2) is 77.9 Å². The van der Waals surface area contributed by atoms with Crippen molar-refractivity contribution >= 4 is 23.1 Å². The van der Waals surface area contributed by atoms with Crippen LogP contribution in [0.3, 0.4) is 0 Å². The lowest BCUT2D eigenvalue weighted by molar-refractivity contribution is -0.137. The molecule has 1 unspecified atom stereocenters. The van der Waals surface area contributed by atoms with Crippen LogP contribution in [0.5, 0.6) is 0 Å². The highest BCUT2D eigenvalue weighted by Gasteiger charge is 2.30. The van der Waals surface area contributed by atoms with Gasteiger partial charge in [-0.25, -0.2) is 10.2 Å². The summed E-state index contributed by atoms with van der Waals surface area (Å²) in [4.78, 5) is 12.3. The van der Waals surface area contributed by atoms with Crippen LogP contribution < -0.4 is 16.1 Å². The normalized spacial score (nSPS) is 16.8. The lowest BCUT2D eigenvalue weighted by Gasteiger charge is -2.29. The summed E-state index contributed by atoms with van der Waals surface area (Å²) in [5, 5.41) is 10.3. The Labute approximate surface area is 183 Å². The molecule has 164 valence electrons. The van der Waals surface area contributed by atoms with Crippen molar-refractivity contribution in [2.24, 2.45) is 5.10 Å². The van der Waals surface area contributed by atoms with Crippen LogP contribution in [0.2, 0.25) is 0 Å². The number of anilines is 2. The number of alkyl halides is 3. The van der Waals surface area contributed by atoms with Crippen LogP contribution in [-0.4, -0.2) is 11.7 Å². The fraction of sp³-hybridized carbons (Fsp3) is 0.167. The second kappa shape index (κ2) is 8.74. The van der Waals surface area contributed by atoms with E-state index in [2.05, 4.69) is 21.2 Å². The second-order valence-electron chi connectivity index (χ2n) is 7.56. The summed E-state index contributed by atoms with van der Waals surface area (Å²) in [6.07, 6.45) is -3.87. The maximum atomic E-state index is 12.7. The minimum absolute atomic E-state index is 0.00932. The van der Waals surface area contributed by atoms with Crippen molar-refractivity contribution in [1.29, 1.82) is 0 Å². The summed E-state index contributed by atoms with van der Waals surface area (Å²) >= 11 is 0. The Hall–Kier alpha value is -3.81. The minimum atomic E-state index is -4.43. The van der Waals surface area contributed by atoms with E-state index in [9.17, 15) is 18.0 Å². The Morgan fingerprint density at radius 3 is 2.44 bits per heavy atom. The monoisotopic (exact) mass is 438 g/mol. The number of carbonyl (C=O) groups excluding carboxylic acids is 1. The summed E-state index contributed by atoms with van der Waals surface area (Å²) in [5.41, 5.74) is 6.60. The summed E-state index contributed by atoms with van der Waals surface area (Å²) in [5.74, 6) is 0. The van der Waals surface area contributed by atoms with Gasteiger partial charge in [0, 0.05) is 23.4 Å². The van der Waals surface area contributed by atoms with Crippen molar-refractivity contribution in [3.8, 4) is 0 Å². The molecular formula is C24H21F3N4O. The molecule has 3 aromatic carbocycles. The Kier molecular flexibility index (Phi) is 5.85. The molecule has 0 spiro atoms. The number of benzene rings is 3. The molecule has 0 bridgehead atoms. The lowest BCUT2D eigenvalue weighted by atomic mass is 9.91. The van der Waals surface area contributed by atoms with E-state index in [1.807, 2.05) is 55.5 Å². The van der Waals surface area contributed by atoms with E-state index in [-0.39, 0.29) is 11.7 Å².